The van der Waals surface area contributed by atoms with E-state index in [2.05, 4.69) is 0 Å². The van der Waals surface area contributed by atoms with E-state index in [0.29, 0.717) is 19.5 Å². The second-order valence-corrected chi connectivity index (χ2v) is 3.08. The molecule has 0 rings (SSSR count). The molecule has 0 saturated carbocycles. The Kier molecular flexibility index (Phi) is 5.66. The molecular weight excluding hydrogens is 156 g/mol. The number of amides is 1. The van der Waals surface area contributed by atoms with Gasteiger partial charge in [-0.2, -0.15) is 0 Å². The van der Waals surface area contributed by atoms with Crippen molar-refractivity contribution in [3.8, 4) is 0 Å². The number of hydrogen-bond acceptors (Lipinski definition) is 3. The summed E-state index contributed by atoms with van der Waals surface area (Å²) in [6.07, 6.45) is 0.465. The van der Waals surface area contributed by atoms with Crippen molar-refractivity contribution in [2.75, 3.05) is 26.7 Å². The highest BCUT2D eigenvalue weighted by Gasteiger charge is 2.11. The molecule has 4 nitrogen and oxygen atoms in total. The van der Waals surface area contributed by atoms with Gasteiger partial charge in [0.05, 0.1) is 6.61 Å². The molecule has 0 aromatic carbocycles. The van der Waals surface area contributed by atoms with Crippen LogP contribution in [-0.2, 0) is 4.79 Å². The zero-order chi connectivity index (χ0) is 9.56. The first kappa shape index (κ1) is 11.4. The van der Waals surface area contributed by atoms with Crippen molar-refractivity contribution >= 4 is 5.91 Å². The molecule has 0 aromatic heterocycles. The molecule has 1 unspecified atom stereocenters. The Bertz CT molecular complexity index is 139. The van der Waals surface area contributed by atoms with E-state index in [9.17, 15) is 4.79 Å². The van der Waals surface area contributed by atoms with Gasteiger partial charge in [-0.05, 0) is 12.5 Å². The third-order valence-electron chi connectivity index (χ3n) is 1.79. The molecule has 0 heterocycles. The van der Waals surface area contributed by atoms with Gasteiger partial charge < -0.3 is 15.7 Å². The number of aliphatic hydroxyl groups excluding tert-OH is 1. The largest absolute Gasteiger partial charge is 0.395 e. The maximum absolute atomic E-state index is 11.3. The Hall–Kier alpha value is -0.610. The van der Waals surface area contributed by atoms with Crippen molar-refractivity contribution in [1.82, 2.24) is 4.90 Å². The molecule has 0 saturated heterocycles. The highest BCUT2D eigenvalue weighted by molar-refractivity contribution is 5.76. The molecule has 0 aromatic rings. The van der Waals surface area contributed by atoms with Crippen molar-refractivity contribution in [3.05, 3.63) is 0 Å². The van der Waals surface area contributed by atoms with Gasteiger partial charge >= 0.3 is 0 Å². The SMILES string of the molecule is CC(CN)CC(=O)N(C)CCO. The summed E-state index contributed by atoms with van der Waals surface area (Å²) in [5.74, 6) is 0.264. The standard InChI is InChI=1S/C8H18N2O2/c1-7(6-9)5-8(12)10(2)3-4-11/h7,11H,3-6,9H2,1-2H3. The minimum Gasteiger partial charge on any atom is -0.395 e. The molecule has 4 heteroatoms. The predicted octanol–water partition coefficient (Wildman–Crippen LogP) is -0.578. The van der Waals surface area contributed by atoms with Crippen molar-refractivity contribution in [2.24, 2.45) is 11.7 Å². The van der Waals surface area contributed by atoms with Crippen molar-refractivity contribution in [1.29, 1.82) is 0 Å². The van der Waals surface area contributed by atoms with Gasteiger partial charge in [0.15, 0.2) is 0 Å². The minimum absolute atomic E-state index is 0.0131. The molecule has 1 atom stereocenters. The van der Waals surface area contributed by atoms with Crippen LogP contribution < -0.4 is 5.73 Å². The fraction of sp³-hybridized carbons (Fsp3) is 0.875. The summed E-state index contributed by atoms with van der Waals surface area (Å²) in [6.45, 7) is 2.87. The van der Waals surface area contributed by atoms with E-state index < -0.39 is 0 Å². The van der Waals surface area contributed by atoms with Crippen molar-refractivity contribution < 1.29 is 9.90 Å². The van der Waals surface area contributed by atoms with Crippen molar-refractivity contribution in [2.45, 2.75) is 13.3 Å². The van der Waals surface area contributed by atoms with Crippen LogP contribution in [0.3, 0.4) is 0 Å². The number of nitrogens with zero attached hydrogens (tertiary/aromatic N) is 1. The number of rotatable bonds is 5. The third kappa shape index (κ3) is 4.31. The molecule has 0 aliphatic rings. The van der Waals surface area contributed by atoms with Crippen LogP contribution in [0.5, 0.6) is 0 Å². The number of hydrogen-bond donors (Lipinski definition) is 2. The lowest BCUT2D eigenvalue weighted by Crippen LogP contribution is -2.31. The van der Waals surface area contributed by atoms with Gasteiger partial charge in [-0.15, -0.1) is 0 Å². The van der Waals surface area contributed by atoms with Gasteiger partial charge in [0.25, 0.3) is 0 Å². The van der Waals surface area contributed by atoms with Crippen LogP contribution >= 0.6 is 0 Å². The van der Waals surface area contributed by atoms with Crippen LogP contribution in [0.4, 0.5) is 0 Å². The summed E-state index contributed by atoms with van der Waals surface area (Å²) >= 11 is 0. The van der Waals surface area contributed by atoms with Gasteiger partial charge in [0.1, 0.15) is 0 Å². The molecule has 0 aliphatic carbocycles. The summed E-state index contributed by atoms with van der Waals surface area (Å²) in [5, 5.41) is 8.56. The zero-order valence-electron chi connectivity index (χ0n) is 7.79. The van der Waals surface area contributed by atoms with Crippen LogP contribution in [0, 0.1) is 5.92 Å². The molecule has 72 valence electrons. The quantitative estimate of drug-likeness (QED) is 0.586. The Morgan fingerprint density at radius 1 is 1.67 bits per heavy atom. The first-order chi connectivity index (χ1) is 5.61. The van der Waals surface area contributed by atoms with Gasteiger partial charge in [0.2, 0.25) is 5.91 Å². The maximum atomic E-state index is 11.3. The molecule has 1 amide bonds. The van der Waals surface area contributed by atoms with E-state index in [4.69, 9.17) is 10.8 Å². The van der Waals surface area contributed by atoms with Gasteiger partial charge in [-0.1, -0.05) is 6.92 Å². The third-order valence-corrected chi connectivity index (χ3v) is 1.79. The Morgan fingerprint density at radius 3 is 2.67 bits per heavy atom. The van der Waals surface area contributed by atoms with E-state index in [0.717, 1.165) is 0 Å². The molecule has 3 N–H and O–H groups in total. The van der Waals surface area contributed by atoms with E-state index in [1.807, 2.05) is 6.92 Å². The highest BCUT2D eigenvalue weighted by atomic mass is 16.3. The summed E-state index contributed by atoms with van der Waals surface area (Å²) in [7, 11) is 1.68. The van der Waals surface area contributed by atoms with Gasteiger partial charge in [-0.3, -0.25) is 4.79 Å². The topological polar surface area (TPSA) is 66.6 Å². The Labute approximate surface area is 73.3 Å². The number of carbonyl (C=O) groups is 1. The molecule has 0 spiro atoms. The average Bonchev–Trinajstić information content (AvgIpc) is 2.04. The minimum atomic E-state index is 0.0131. The summed E-state index contributed by atoms with van der Waals surface area (Å²) in [4.78, 5) is 12.8. The molecule has 0 fully saturated rings. The number of carbonyl (C=O) groups excluding carboxylic acids is 1. The predicted molar refractivity (Wildman–Crippen MR) is 47.6 cm³/mol. The monoisotopic (exact) mass is 174 g/mol. The average molecular weight is 174 g/mol. The number of aliphatic hydroxyl groups is 1. The fourth-order valence-electron chi connectivity index (χ4n) is 0.812. The van der Waals surface area contributed by atoms with Crippen LogP contribution in [-0.4, -0.2) is 42.7 Å². The first-order valence-corrected chi connectivity index (χ1v) is 4.16. The highest BCUT2D eigenvalue weighted by Crippen LogP contribution is 2.01. The lowest BCUT2D eigenvalue weighted by atomic mass is 10.1. The zero-order valence-corrected chi connectivity index (χ0v) is 7.79. The maximum Gasteiger partial charge on any atom is 0.222 e. The number of nitrogens with two attached hydrogens (primary N) is 1. The van der Waals surface area contributed by atoms with Crippen molar-refractivity contribution in [3.63, 3.8) is 0 Å². The summed E-state index contributed by atoms with van der Waals surface area (Å²) in [5.41, 5.74) is 5.37. The summed E-state index contributed by atoms with van der Waals surface area (Å²) < 4.78 is 0. The smallest absolute Gasteiger partial charge is 0.222 e. The van der Waals surface area contributed by atoms with Crippen LogP contribution in [0.25, 0.3) is 0 Å². The fourth-order valence-corrected chi connectivity index (χ4v) is 0.812. The normalized spacial score (nSPS) is 12.7. The van der Waals surface area contributed by atoms with Gasteiger partial charge in [0, 0.05) is 20.0 Å². The van der Waals surface area contributed by atoms with E-state index in [1.54, 1.807) is 7.05 Å². The number of likely N-dealkylation sites (N-methyl/N-ethyl adjacent to an activating group) is 1. The lowest BCUT2D eigenvalue weighted by molar-refractivity contribution is -0.131. The van der Waals surface area contributed by atoms with Crippen LogP contribution in [0.1, 0.15) is 13.3 Å². The van der Waals surface area contributed by atoms with E-state index >= 15 is 0 Å². The molecule has 0 radical (unpaired) electrons. The van der Waals surface area contributed by atoms with Gasteiger partial charge in [-0.25, -0.2) is 0 Å². The summed E-state index contributed by atoms with van der Waals surface area (Å²) in [6, 6.07) is 0. The van der Waals surface area contributed by atoms with Crippen LogP contribution in [0.2, 0.25) is 0 Å². The Balaban J connectivity index is 3.70. The molecular formula is C8H18N2O2. The molecule has 0 aliphatic heterocycles. The molecule has 12 heavy (non-hydrogen) atoms. The lowest BCUT2D eigenvalue weighted by Gasteiger charge is -2.17. The Morgan fingerprint density at radius 2 is 2.25 bits per heavy atom. The van der Waals surface area contributed by atoms with Crippen LogP contribution in [0.15, 0.2) is 0 Å². The second-order valence-electron chi connectivity index (χ2n) is 3.08. The van der Waals surface area contributed by atoms with E-state index in [1.165, 1.54) is 4.90 Å². The first-order valence-electron chi connectivity index (χ1n) is 4.16. The van der Waals surface area contributed by atoms with E-state index in [-0.39, 0.29) is 18.4 Å². The molecule has 0 bridgehead atoms. The second kappa shape index (κ2) is 5.97.